The summed E-state index contributed by atoms with van der Waals surface area (Å²) in [6, 6.07) is 9.28. The van der Waals surface area contributed by atoms with Gasteiger partial charge in [0.2, 0.25) is 0 Å². The maximum atomic E-state index is 13.0. The lowest BCUT2D eigenvalue weighted by Crippen LogP contribution is -2.14. The van der Waals surface area contributed by atoms with Crippen LogP contribution in [0.1, 0.15) is 5.56 Å². The quantitative estimate of drug-likeness (QED) is 0.865. The van der Waals surface area contributed by atoms with Gasteiger partial charge in [0.15, 0.2) is 0 Å². The van der Waals surface area contributed by atoms with Crippen molar-refractivity contribution in [3.8, 4) is 6.07 Å². The van der Waals surface area contributed by atoms with Gasteiger partial charge in [0, 0.05) is 4.47 Å². The third kappa shape index (κ3) is 3.53. The second-order valence-corrected chi connectivity index (χ2v) is 6.90. The van der Waals surface area contributed by atoms with Crippen molar-refractivity contribution >= 4 is 43.2 Å². The zero-order valence-electron chi connectivity index (χ0n) is 10.3. The van der Waals surface area contributed by atoms with Gasteiger partial charge >= 0.3 is 0 Å². The highest BCUT2D eigenvalue weighted by Crippen LogP contribution is 2.28. The van der Waals surface area contributed by atoms with Gasteiger partial charge in [-0.2, -0.15) is 5.26 Å². The summed E-state index contributed by atoms with van der Waals surface area (Å²) in [5.41, 5.74) is 0.327. The van der Waals surface area contributed by atoms with E-state index in [4.69, 9.17) is 16.9 Å². The summed E-state index contributed by atoms with van der Waals surface area (Å²) in [5, 5.41) is 8.81. The van der Waals surface area contributed by atoms with Crippen molar-refractivity contribution in [2.24, 2.45) is 0 Å². The molecule has 21 heavy (non-hydrogen) atoms. The lowest BCUT2D eigenvalue weighted by Gasteiger charge is -2.11. The molecule has 0 bridgehead atoms. The summed E-state index contributed by atoms with van der Waals surface area (Å²) >= 11 is 8.94. The van der Waals surface area contributed by atoms with Crippen LogP contribution in [-0.4, -0.2) is 8.42 Å². The van der Waals surface area contributed by atoms with Crippen LogP contribution in [0.3, 0.4) is 0 Å². The molecule has 0 aromatic heterocycles. The Hall–Kier alpha value is -1.62. The molecular weight excluding hydrogens is 383 g/mol. The lowest BCUT2D eigenvalue weighted by atomic mass is 10.2. The van der Waals surface area contributed by atoms with Gasteiger partial charge in [-0.1, -0.05) is 11.6 Å². The molecule has 0 atom stereocenters. The Kier molecular flexibility index (Phi) is 4.52. The molecule has 8 heteroatoms. The molecule has 2 rings (SSSR count). The van der Waals surface area contributed by atoms with E-state index in [9.17, 15) is 12.8 Å². The van der Waals surface area contributed by atoms with Gasteiger partial charge in [0.05, 0.1) is 22.3 Å². The Morgan fingerprint density at radius 1 is 1.24 bits per heavy atom. The van der Waals surface area contributed by atoms with Crippen LogP contribution in [0.15, 0.2) is 45.8 Å². The maximum absolute atomic E-state index is 13.0. The molecule has 0 saturated carbocycles. The van der Waals surface area contributed by atoms with E-state index >= 15 is 0 Å². The molecule has 0 spiro atoms. The van der Waals surface area contributed by atoms with Crippen LogP contribution in [0.4, 0.5) is 10.1 Å². The monoisotopic (exact) mass is 388 g/mol. The summed E-state index contributed by atoms with van der Waals surface area (Å²) in [7, 11) is -4.00. The average molecular weight is 390 g/mol. The van der Waals surface area contributed by atoms with Crippen LogP contribution in [-0.2, 0) is 10.0 Å². The van der Waals surface area contributed by atoms with Crippen molar-refractivity contribution in [3.63, 3.8) is 0 Å². The topological polar surface area (TPSA) is 70.0 Å². The van der Waals surface area contributed by atoms with Crippen molar-refractivity contribution in [1.82, 2.24) is 0 Å². The van der Waals surface area contributed by atoms with Crippen molar-refractivity contribution in [2.45, 2.75) is 4.90 Å². The second-order valence-electron chi connectivity index (χ2n) is 3.99. The molecule has 0 radical (unpaired) electrons. The number of halogens is 3. The number of benzene rings is 2. The van der Waals surface area contributed by atoms with Gasteiger partial charge in [-0.05, 0) is 52.3 Å². The maximum Gasteiger partial charge on any atom is 0.263 e. The molecule has 2 aromatic carbocycles. The van der Waals surface area contributed by atoms with Crippen molar-refractivity contribution in [2.75, 3.05) is 4.72 Å². The molecular formula is C13H7BrClFN2O2S. The molecule has 2 aromatic rings. The van der Waals surface area contributed by atoms with E-state index in [0.717, 1.165) is 12.1 Å². The minimum Gasteiger partial charge on any atom is -0.278 e. The van der Waals surface area contributed by atoms with Gasteiger partial charge < -0.3 is 0 Å². The highest BCUT2D eigenvalue weighted by Gasteiger charge is 2.20. The van der Waals surface area contributed by atoms with E-state index in [1.165, 1.54) is 24.3 Å². The van der Waals surface area contributed by atoms with Crippen LogP contribution in [0, 0.1) is 17.1 Å². The van der Waals surface area contributed by atoms with Gasteiger partial charge in [0.25, 0.3) is 10.0 Å². The SMILES string of the molecule is N#Cc1ccc(Cl)c(S(=O)(=O)Nc2ccc(F)cc2Br)c1. The molecule has 0 saturated heterocycles. The standard InChI is InChI=1S/C13H7BrClFN2O2S/c14-10-6-9(16)2-4-12(10)18-21(19,20)13-5-8(7-17)1-3-11(13)15/h1-6,18H. The Morgan fingerprint density at radius 2 is 1.95 bits per heavy atom. The van der Waals surface area contributed by atoms with Gasteiger partial charge in [-0.3, -0.25) is 4.72 Å². The van der Waals surface area contributed by atoms with E-state index in [2.05, 4.69) is 20.7 Å². The van der Waals surface area contributed by atoms with Crippen LogP contribution in [0.2, 0.25) is 5.02 Å². The number of sulfonamides is 1. The largest absolute Gasteiger partial charge is 0.278 e. The molecule has 0 aliphatic heterocycles. The van der Waals surface area contributed by atoms with Crippen LogP contribution in [0.5, 0.6) is 0 Å². The number of nitrogens with one attached hydrogen (secondary N) is 1. The normalized spacial score (nSPS) is 11.0. The zero-order valence-corrected chi connectivity index (χ0v) is 13.4. The molecule has 0 amide bonds. The predicted molar refractivity (Wildman–Crippen MR) is 81.1 cm³/mol. The predicted octanol–water partition coefficient (Wildman–Crippen LogP) is 3.91. The van der Waals surface area contributed by atoms with Crippen LogP contribution >= 0.6 is 27.5 Å². The molecule has 0 unspecified atom stereocenters. The fourth-order valence-corrected chi connectivity index (χ4v) is 3.74. The Bertz CT molecular complexity index is 850. The summed E-state index contributed by atoms with van der Waals surface area (Å²) in [6.45, 7) is 0. The van der Waals surface area contributed by atoms with Crippen molar-refractivity contribution in [1.29, 1.82) is 5.26 Å². The highest BCUT2D eigenvalue weighted by atomic mass is 79.9. The number of rotatable bonds is 3. The molecule has 0 aliphatic rings. The third-order valence-electron chi connectivity index (χ3n) is 2.53. The minimum absolute atomic E-state index is 0.0141. The number of nitrogens with zero attached hydrogens (tertiary/aromatic N) is 1. The summed E-state index contributed by atoms with van der Waals surface area (Å²) in [6.07, 6.45) is 0. The highest BCUT2D eigenvalue weighted by molar-refractivity contribution is 9.10. The molecule has 0 heterocycles. The first-order valence-corrected chi connectivity index (χ1v) is 8.16. The number of anilines is 1. The molecule has 0 fully saturated rings. The second kappa shape index (κ2) is 6.02. The molecule has 4 nitrogen and oxygen atoms in total. The van der Waals surface area contributed by atoms with E-state index in [-0.39, 0.29) is 25.6 Å². The average Bonchev–Trinajstić information content (AvgIpc) is 2.42. The first-order valence-electron chi connectivity index (χ1n) is 5.51. The first-order chi connectivity index (χ1) is 9.83. The third-order valence-corrected chi connectivity index (χ3v) is 5.03. The fourth-order valence-electron chi connectivity index (χ4n) is 1.55. The van der Waals surface area contributed by atoms with Crippen molar-refractivity contribution in [3.05, 3.63) is 57.3 Å². The van der Waals surface area contributed by atoms with Gasteiger partial charge in [0.1, 0.15) is 10.7 Å². The lowest BCUT2D eigenvalue weighted by molar-refractivity contribution is 0.601. The fraction of sp³-hybridized carbons (Fsp3) is 0. The molecule has 0 aliphatic carbocycles. The molecule has 108 valence electrons. The Balaban J connectivity index is 2.46. The summed E-state index contributed by atoms with van der Waals surface area (Å²) in [5.74, 6) is -0.505. The smallest absolute Gasteiger partial charge is 0.263 e. The van der Waals surface area contributed by atoms with E-state index in [1.54, 1.807) is 0 Å². The van der Waals surface area contributed by atoms with Crippen molar-refractivity contribution < 1.29 is 12.8 Å². The Labute approximate surface area is 134 Å². The van der Waals surface area contributed by atoms with Crippen LogP contribution in [0.25, 0.3) is 0 Å². The van der Waals surface area contributed by atoms with Gasteiger partial charge in [-0.15, -0.1) is 0 Å². The van der Waals surface area contributed by atoms with Gasteiger partial charge in [-0.25, -0.2) is 12.8 Å². The summed E-state index contributed by atoms with van der Waals surface area (Å²) in [4.78, 5) is -0.223. The number of hydrogen-bond donors (Lipinski definition) is 1. The van der Waals surface area contributed by atoms with E-state index < -0.39 is 15.8 Å². The Morgan fingerprint density at radius 3 is 2.57 bits per heavy atom. The number of nitriles is 1. The minimum atomic E-state index is -4.00. The molecule has 1 N–H and O–H groups in total. The zero-order chi connectivity index (χ0) is 15.6. The van der Waals surface area contributed by atoms with E-state index in [1.807, 2.05) is 6.07 Å². The first kappa shape index (κ1) is 15.8. The van der Waals surface area contributed by atoms with Crippen LogP contribution < -0.4 is 4.72 Å². The summed E-state index contributed by atoms with van der Waals surface area (Å²) < 4.78 is 40.2. The number of hydrogen-bond acceptors (Lipinski definition) is 3. The van der Waals surface area contributed by atoms with E-state index in [0.29, 0.717) is 0 Å².